The van der Waals surface area contributed by atoms with Gasteiger partial charge in [0.1, 0.15) is 5.75 Å². The van der Waals surface area contributed by atoms with E-state index in [1.807, 2.05) is 30.0 Å². The number of rotatable bonds is 5. The van der Waals surface area contributed by atoms with Gasteiger partial charge in [0.25, 0.3) is 0 Å². The highest BCUT2D eigenvalue weighted by molar-refractivity contribution is 7.98. The van der Waals surface area contributed by atoms with Gasteiger partial charge in [-0.3, -0.25) is 0 Å². The molecule has 0 aliphatic carbocycles. The molecule has 0 saturated heterocycles. The molecule has 0 fully saturated rings. The number of hydrogen-bond donors (Lipinski definition) is 2. The fourth-order valence-corrected chi connectivity index (χ4v) is 2.80. The molecule has 0 bridgehead atoms. The van der Waals surface area contributed by atoms with Crippen LogP contribution in [0.25, 0.3) is 0 Å². The molecule has 1 aromatic rings. The van der Waals surface area contributed by atoms with Crippen LogP contribution in [-0.4, -0.2) is 30.3 Å². The molecule has 0 saturated carbocycles. The second-order valence-corrected chi connectivity index (χ2v) is 5.87. The first kappa shape index (κ1) is 14.5. The van der Waals surface area contributed by atoms with Crippen LogP contribution < -0.4 is 15.4 Å². The van der Waals surface area contributed by atoms with Crippen LogP contribution in [0.4, 0.5) is 0 Å². The van der Waals surface area contributed by atoms with E-state index >= 15 is 0 Å². The monoisotopic (exact) mass is 296 g/mol. The lowest BCUT2D eigenvalue weighted by molar-refractivity contribution is 0.262. The van der Waals surface area contributed by atoms with Gasteiger partial charge in [0, 0.05) is 18.5 Å². The standard InChI is InChI=1S/C14H20N2OS2/c1-19-10-4-8-15-14(18)16-12-7-9-17-13-6-3-2-5-11(12)13/h2-3,5-6,12H,4,7-10H2,1H3,(H2,15,16,18)/t12-/m1/s1. The normalized spacial score (nSPS) is 17.2. The van der Waals surface area contributed by atoms with Gasteiger partial charge in [-0.2, -0.15) is 11.8 Å². The van der Waals surface area contributed by atoms with Crippen molar-refractivity contribution < 1.29 is 4.74 Å². The minimum Gasteiger partial charge on any atom is -0.493 e. The molecule has 19 heavy (non-hydrogen) atoms. The number of benzene rings is 1. The molecular formula is C14H20N2OS2. The lowest BCUT2D eigenvalue weighted by Crippen LogP contribution is -2.39. The molecule has 0 aromatic heterocycles. The molecule has 2 rings (SSSR count). The van der Waals surface area contributed by atoms with Crippen LogP contribution >= 0.6 is 24.0 Å². The Labute approximate surface area is 124 Å². The summed E-state index contributed by atoms with van der Waals surface area (Å²) in [5.74, 6) is 2.13. The van der Waals surface area contributed by atoms with E-state index in [0.29, 0.717) is 0 Å². The van der Waals surface area contributed by atoms with Crippen molar-refractivity contribution >= 4 is 29.1 Å². The van der Waals surface area contributed by atoms with E-state index in [4.69, 9.17) is 17.0 Å². The molecule has 104 valence electrons. The zero-order valence-electron chi connectivity index (χ0n) is 11.1. The fourth-order valence-electron chi connectivity index (χ4n) is 2.12. The van der Waals surface area contributed by atoms with Gasteiger partial charge in [-0.25, -0.2) is 0 Å². The summed E-state index contributed by atoms with van der Waals surface area (Å²) < 4.78 is 5.64. The van der Waals surface area contributed by atoms with E-state index in [2.05, 4.69) is 23.0 Å². The fraction of sp³-hybridized carbons (Fsp3) is 0.500. The summed E-state index contributed by atoms with van der Waals surface area (Å²) in [4.78, 5) is 0. The first-order valence-corrected chi connectivity index (χ1v) is 8.36. The van der Waals surface area contributed by atoms with Crippen molar-refractivity contribution in [2.24, 2.45) is 0 Å². The van der Waals surface area contributed by atoms with Crippen molar-refractivity contribution in [1.29, 1.82) is 0 Å². The third-order valence-corrected chi connectivity index (χ3v) is 4.03. The van der Waals surface area contributed by atoms with Crippen LogP contribution in [0.3, 0.4) is 0 Å². The molecule has 1 atom stereocenters. The Morgan fingerprint density at radius 3 is 3.16 bits per heavy atom. The maximum atomic E-state index is 5.64. The van der Waals surface area contributed by atoms with Gasteiger partial charge in [-0.15, -0.1) is 0 Å². The number of thioether (sulfide) groups is 1. The van der Waals surface area contributed by atoms with Crippen molar-refractivity contribution in [3.8, 4) is 5.75 Å². The maximum Gasteiger partial charge on any atom is 0.166 e. The summed E-state index contributed by atoms with van der Waals surface area (Å²) in [6.45, 7) is 1.67. The van der Waals surface area contributed by atoms with Gasteiger partial charge in [0.15, 0.2) is 5.11 Å². The first-order chi connectivity index (χ1) is 9.31. The van der Waals surface area contributed by atoms with Crippen molar-refractivity contribution in [2.75, 3.05) is 25.2 Å². The molecule has 1 aliphatic heterocycles. The highest BCUT2D eigenvalue weighted by Gasteiger charge is 2.21. The number of thiocarbonyl (C=S) groups is 1. The molecule has 0 unspecified atom stereocenters. The van der Waals surface area contributed by atoms with Crippen LogP contribution in [0.1, 0.15) is 24.4 Å². The Balaban J connectivity index is 1.85. The Morgan fingerprint density at radius 2 is 2.32 bits per heavy atom. The van der Waals surface area contributed by atoms with Crippen LogP contribution in [0, 0.1) is 0 Å². The van der Waals surface area contributed by atoms with Crippen LogP contribution in [0.15, 0.2) is 24.3 Å². The lowest BCUT2D eigenvalue weighted by atomic mass is 10.0. The summed E-state index contributed by atoms with van der Waals surface area (Å²) in [5.41, 5.74) is 1.20. The van der Waals surface area contributed by atoms with E-state index in [9.17, 15) is 0 Å². The maximum absolute atomic E-state index is 5.64. The molecule has 0 amide bonds. The van der Waals surface area contributed by atoms with Crippen LogP contribution in [-0.2, 0) is 0 Å². The minimum absolute atomic E-state index is 0.255. The van der Waals surface area contributed by atoms with E-state index in [0.717, 1.165) is 42.6 Å². The Bertz CT molecular complexity index is 426. The van der Waals surface area contributed by atoms with Crippen LogP contribution in [0.2, 0.25) is 0 Å². The largest absolute Gasteiger partial charge is 0.493 e. The zero-order chi connectivity index (χ0) is 13.5. The lowest BCUT2D eigenvalue weighted by Gasteiger charge is -2.27. The number of nitrogens with one attached hydrogen (secondary N) is 2. The molecule has 1 heterocycles. The second-order valence-electron chi connectivity index (χ2n) is 4.47. The van der Waals surface area contributed by atoms with Crippen molar-refractivity contribution in [1.82, 2.24) is 10.6 Å². The summed E-state index contributed by atoms with van der Waals surface area (Å²) in [7, 11) is 0. The third kappa shape index (κ3) is 4.28. The van der Waals surface area contributed by atoms with Gasteiger partial charge >= 0.3 is 0 Å². The summed E-state index contributed by atoms with van der Waals surface area (Å²) >= 11 is 7.20. The van der Waals surface area contributed by atoms with Gasteiger partial charge in [0.2, 0.25) is 0 Å². The Morgan fingerprint density at radius 1 is 1.47 bits per heavy atom. The highest BCUT2D eigenvalue weighted by Crippen LogP contribution is 2.31. The number of ether oxygens (including phenoxy) is 1. The van der Waals surface area contributed by atoms with E-state index in [1.54, 1.807) is 0 Å². The number of fused-ring (bicyclic) bond motifs is 1. The van der Waals surface area contributed by atoms with E-state index in [1.165, 1.54) is 5.56 Å². The smallest absolute Gasteiger partial charge is 0.166 e. The highest BCUT2D eigenvalue weighted by atomic mass is 32.2. The predicted octanol–water partition coefficient (Wildman–Crippen LogP) is 2.73. The Hall–Kier alpha value is -0.940. The first-order valence-electron chi connectivity index (χ1n) is 6.56. The Kier molecular flexibility index (Phi) is 5.79. The van der Waals surface area contributed by atoms with Gasteiger partial charge in [-0.05, 0) is 36.7 Å². The summed E-state index contributed by atoms with van der Waals surface area (Å²) in [5, 5.41) is 7.39. The molecule has 2 N–H and O–H groups in total. The minimum atomic E-state index is 0.255. The van der Waals surface area contributed by atoms with E-state index in [-0.39, 0.29) is 6.04 Å². The zero-order valence-corrected chi connectivity index (χ0v) is 12.8. The van der Waals surface area contributed by atoms with Gasteiger partial charge < -0.3 is 15.4 Å². The molecule has 1 aliphatic rings. The average Bonchev–Trinajstić information content (AvgIpc) is 2.44. The van der Waals surface area contributed by atoms with E-state index < -0.39 is 0 Å². The quantitative estimate of drug-likeness (QED) is 0.645. The number of hydrogen-bond acceptors (Lipinski definition) is 3. The number of para-hydroxylation sites is 1. The second kappa shape index (κ2) is 7.60. The molecule has 1 aromatic carbocycles. The molecular weight excluding hydrogens is 276 g/mol. The molecule has 0 spiro atoms. The third-order valence-electron chi connectivity index (χ3n) is 3.07. The predicted molar refractivity (Wildman–Crippen MR) is 86.0 cm³/mol. The van der Waals surface area contributed by atoms with Gasteiger partial charge in [0.05, 0.1) is 12.6 Å². The van der Waals surface area contributed by atoms with Gasteiger partial charge in [-0.1, -0.05) is 18.2 Å². The molecule has 0 radical (unpaired) electrons. The SMILES string of the molecule is CSCCCNC(=S)N[C@@H]1CCOc2ccccc21. The molecule has 5 heteroatoms. The summed E-state index contributed by atoms with van der Waals surface area (Å²) in [6, 6.07) is 8.41. The van der Waals surface area contributed by atoms with Crippen molar-refractivity contribution in [3.05, 3.63) is 29.8 Å². The van der Waals surface area contributed by atoms with Crippen LogP contribution in [0.5, 0.6) is 5.75 Å². The average molecular weight is 296 g/mol. The summed E-state index contributed by atoms with van der Waals surface area (Å²) in [6.07, 6.45) is 4.20. The topological polar surface area (TPSA) is 33.3 Å². The molecule has 3 nitrogen and oxygen atoms in total. The van der Waals surface area contributed by atoms with Crippen molar-refractivity contribution in [3.63, 3.8) is 0 Å². The van der Waals surface area contributed by atoms with Crippen molar-refractivity contribution in [2.45, 2.75) is 18.9 Å².